The van der Waals surface area contributed by atoms with Crippen molar-refractivity contribution in [2.45, 2.75) is 32.4 Å². The fraction of sp³-hybridized carbons (Fsp3) is 0.292. The van der Waals surface area contributed by atoms with Crippen LogP contribution in [0.4, 0.5) is 5.69 Å². The monoisotopic (exact) mass is 448 g/mol. The SMILES string of the molecule is COc1ccc(-c2cn3nc(COc4ccc([N+](=O)[O-])cc4)n4c3c2CCCC4)cc1OC. The van der Waals surface area contributed by atoms with E-state index >= 15 is 0 Å². The molecule has 0 unspecified atom stereocenters. The second kappa shape index (κ2) is 8.50. The average Bonchev–Trinajstić information content (AvgIpc) is 3.26. The van der Waals surface area contributed by atoms with Gasteiger partial charge >= 0.3 is 0 Å². The van der Waals surface area contributed by atoms with Crippen LogP contribution >= 0.6 is 0 Å². The fourth-order valence-electron chi connectivity index (χ4n) is 4.41. The van der Waals surface area contributed by atoms with Crippen molar-refractivity contribution in [2.75, 3.05) is 14.2 Å². The molecule has 4 aromatic rings. The third kappa shape index (κ3) is 3.75. The van der Waals surface area contributed by atoms with E-state index in [4.69, 9.17) is 19.3 Å². The maximum Gasteiger partial charge on any atom is 0.269 e. The lowest BCUT2D eigenvalue weighted by Gasteiger charge is -2.10. The standard InChI is InChI=1S/C24H24N4O5/c1-31-21-11-6-16(13-22(21)32-2)20-14-27-24-19(20)5-3-4-12-26(24)23(25-27)15-33-18-9-7-17(8-10-18)28(29)30/h6-11,13-14H,3-5,12,15H2,1-2H3. The molecular formula is C24H24N4O5. The number of nitrogens with zero attached hydrogens (tertiary/aromatic N) is 4. The quantitative estimate of drug-likeness (QED) is 0.302. The zero-order valence-electron chi connectivity index (χ0n) is 18.5. The van der Waals surface area contributed by atoms with Crippen molar-refractivity contribution in [3.8, 4) is 28.4 Å². The first-order chi connectivity index (χ1) is 16.1. The Kier molecular flexibility index (Phi) is 5.37. The van der Waals surface area contributed by atoms with Gasteiger partial charge in [-0.3, -0.25) is 10.1 Å². The second-order valence-electron chi connectivity index (χ2n) is 7.92. The number of non-ortho nitro benzene ring substituents is 1. The molecule has 0 bridgehead atoms. The van der Waals surface area contributed by atoms with E-state index in [1.165, 1.54) is 17.7 Å². The molecule has 9 nitrogen and oxygen atoms in total. The highest BCUT2D eigenvalue weighted by atomic mass is 16.6. The van der Waals surface area contributed by atoms with E-state index in [2.05, 4.69) is 10.8 Å². The van der Waals surface area contributed by atoms with E-state index in [1.54, 1.807) is 26.4 Å². The lowest BCUT2D eigenvalue weighted by atomic mass is 10.0. The molecule has 1 aliphatic rings. The van der Waals surface area contributed by atoms with E-state index in [0.717, 1.165) is 48.4 Å². The van der Waals surface area contributed by atoms with Crippen LogP contribution in [-0.4, -0.2) is 33.3 Å². The Hall–Kier alpha value is -4.01. The predicted octanol–water partition coefficient (Wildman–Crippen LogP) is 4.64. The van der Waals surface area contributed by atoms with Gasteiger partial charge in [0.15, 0.2) is 17.3 Å². The number of aryl methyl sites for hydroxylation is 2. The lowest BCUT2D eigenvalue weighted by molar-refractivity contribution is -0.384. The van der Waals surface area contributed by atoms with E-state index in [1.807, 2.05) is 22.7 Å². The maximum absolute atomic E-state index is 10.8. The lowest BCUT2D eigenvalue weighted by Crippen LogP contribution is -2.07. The minimum Gasteiger partial charge on any atom is -0.493 e. The highest BCUT2D eigenvalue weighted by Gasteiger charge is 2.23. The van der Waals surface area contributed by atoms with Crippen LogP contribution in [0.5, 0.6) is 17.2 Å². The maximum atomic E-state index is 10.8. The molecule has 170 valence electrons. The number of nitro benzene ring substituents is 1. The summed E-state index contributed by atoms with van der Waals surface area (Å²) < 4.78 is 20.9. The Labute approximate surface area is 190 Å². The summed E-state index contributed by atoms with van der Waals surface area (Å²) in [6.45, 7) is 1.15. The average molecular weight is 448 g/mol. The van der Waals surface area contributed by atoms with E-state index in [9.17, 15) is 10.1 Å². The molecule has 0 radical (unpaired) electrons. The minimum absolute atomic E-state index is 0.0383. The van der Waals surface area contributed by atoms with Gasteiger partial charge in [0.1, 0.15) is 18.0 Å². The van der Waals surface area contributed by atoms with Gasteiger partial charge in [0.25, 0.3) is 5.69 Å². The van der Waals surface area contributed by atoms with Crippen LogP contribution in [0.3, 0.4) is 0 Å². The van der Waals surface area contributed by atoms with Crippen molar-refractivity contribution < 1.29 is 19.1 Å². The van der Waals surface area contributed by atoms with Gasteiger partial charge in [0, 0.05) is 36.0 Å². The molecule has 0 saturated heterocycles. The van der Waals surface area contributed by atoms with Crippen molar-refractivity contribution in [2.24, 2.45) is 0 Å². The van der Waals surface area contributed by atoms with Gasteiger partial charge in [-0.25, -0.2) is 4.52 Å². The van der Waals surface area contributed by atoms with Crippen molar-refractivity contribution in [1.29, 1.82) is 0 Å². The number of methoxy groups -OCH3 is 2. The molecule has 2 aromatic heterocycles. The summed E-state index contributed by atoms with van der Waals surface area (Å²) in [5.41, 5.74) is 4.58. The summed E-state index contributed by atoms with van der Waals surface area (Å²) in [5, 5.41) is 15.6. The topological polar surface area (TPSA) is 93.1 Å². The first kappa shape index (κ1) is 20.9. The molecule has 0 aliphatic carbocycles. The number of benzene rings is 2. The molecule has 0 saturated carbocycles. The smallest absolute Gasteiger partial charge is 0.269 e. The third-order valence-corrected chi connectivity index (χ3v) is 6.02. The van der Waals surface area contributed by atoms with Gasteiger partial charge in [-0.05, 0) is 49.1 Å². The Morgan fingerprint density at radius 3 is 2.58 bits per heavy atom. The summed E-state index contributed by atoms with van der Waals surface area (Å²) in [5.74, 6) is 2.79. The van der Waals surface area contributed by atoms with Gasteiger partial charge in [-0.1, -0.05) is 6.07 Å². The van der Waals surface area contributed by atoms with Crippen LogP contribution < -0.4 is 14.2 Å². The Morgan fingerprint density at radius 2 is 1.85 bits per heavy atom. The van der Waals surface area contributed by atoms with Gasteiger partial charge in [0.05, 0.1) is 19.1 Å². The number of ether oxygens (including phenoxy) is 3. The zero-order chi connectivity index (χ0) is 22.9. The molecule has 0 N–H and O–H groups in total. The molecule has 5 rings (SSSR count). The molecule has 0 atom stereocenters. The number of hydrogen-bond donors (Lipinski definition) is 0. The molecule has 0 spiro atoms. The largest absolute Gasteiger partial charge is 0.493 e. The molecule has 2 aromatic carbocycles. The normalized spacial score (nSPS) is 13.0. The van der Waals surface area contributed by atoms with Gasteiger partial charge < -0.3 is 18.8 Å². The molecule has 0 fully saturated rings. The predicted molar refractivity (Wildman–Crippen MR) is 122 cm³/mol. The second-order valence-corrected chi connectivity index (χ2v) is 7.92. The number of aromatic nitrogens is 3. The number of nitro groups is 1. The third-order valence-electron chi connectivity index (χ3n) is 6.02. The van der Waals surface area contributed by atoms with E-state index in [0.29, 0.717) is 17.2 Å². The summed E-state index contributed by atoms with van der Waals surface area (Å²) >= 11 is 0. The summed E-state index contributed by atoms with van der Waals surface area (Å²) in [6, 6.07) is 12.1. The molecule has 3 heterocycles. The summed E-state index contributed by atoms with van der Waals surface area (Å²) in [6.07, 6.45) is 5.17. The Balaban J connectivity index is 1.48. The van der Waals surface area contributed by atoms with Crippen LogP contribution in [0.25, 0.3) is 16.8 Å². The summed E-state index contributed by atoms with van der Waals surface area (Å²) in [7, 11) is 3.27. The van der Waals surface area contributed by atoms with E-state index in [-0.39, 0.29) is 12.3 Å². The van der Waals surface area contributed by atoms with Gasteiger partial charge in [-0.2, -0.15) is 0 Å². The molecule has 9 heteroatoms. The number of rotatable bonds is 7. The van der Waals surface area contributed by atoms with Crippen LogP contribution in [-0.2, 0) is 19.6 Å². The molecule has 1 aliphatic heterocycles. The van der Waals surface area contributed by atoms with Crippen LogP contribution in [0.2, 0.25) is 0 Å². The van der Waals surface area contributed by atoms with Crippen LogP contribution in [0, 0.1) is 10.1 Å². The fourth-order valence-corrected chi connectivity index (χ4v) is 4.41. The van der Waals surface area contributed by atoms with Crippen molar-refractivity contribution in [3.05, 3.63) is 70.2 Å². The van der Waals surface area contributed by atoms with Crippen LogP contribution in [0.1, 0.15) is 24.2 Å². The van der Waals surface area contributed by atoms with Gasteiger partial charge in [-0.15, -0.1) is 5.10 Å². The first-order valence-corrected chi connectivity index (χ1v) is 10.8. The molecule has 33 heavy (non-hydrogen) atoms. The minimum atomic E-state index is -0.424. The van der Waals surface area contributed by atoms with E-state index < -0.39 is 4.92 Å². The van der Waals surface area contributed by atoms with Crippen LogP contribution in [0.15, 0.2) is 48.7 Å². The Bertz CT molecular complexity index is 1320. The van der Waals surface area contributed by atoms with Crippen molar-refractivity contribution in [1.82, 2.24) is 14.2 Å². The molecule has 0 amide bonds. The number of hydrogen-bond acceptors (Lipinski definition) is 6. The van der Waals surface area contributed by atoms with Crippen molar-refractivity contribution >= 4 is 11.3 Å². The zero-order valence-corrected chi connectivity index (χ0v) is 18.5. The Morgan fingerprint density at radius 1 is 1.06 bits per heavy atom. The van der Waals surface area contributed by atoms with Crippen molar-refractivity contribution in [3.63, 3.8) is 0 Å². The summed E-state index contributed by atoms with van der Waals surface area (Å²) in [4.78, 5) is 10.4. The highest BCUT2D eigenvalue weighted by molar-refractivity contribution is 5.77. The van der Waals surface area contributed by atoms with Gasteiger partial charge in [0.2, 0.25) is 0 Å². The first-order valence-electron chi connectivity index (χ1n) is 10.8. The highest BCUT2D eigenvalue weighted by Crippen LogP contribution is 2.37. The molecular weight excluding hydrogens is 424 g/mol.